The molecule has 1 fully saturated rings. The lowest BCUT2D eigenvalue weighted by Gasteiger charge is -2.16. The van der Waals surface area contributed by atoms with E-state index in [4.69, 9.17) is 16.3 Å². The minimum atomic E-state index is -0.366. The number of hydrazone groups is 1. The van der Waals surface area contributed by atoms with Gasteiger partial charge in [0.2, 0.25) is 11.8 Å². The van der Waals surface area contributed by atoms with E-state index in [1.54, 1.807) is 30.3 Å². The molecule has 2 aromatic rings. The number of ether oxygens (including phenoxy) is 1. The molecule has 1 saturated heterocycles. The topological polar surface area (TPSA) is 79.7 Å². The molecule has 0 bridgehead atoms. The standard InChI is InChI=1S/C18H20ClN5O2/c1-13-10-17(22-18(21-13)24-8-2-3-9-24)26-12-16(25)23-20-11-14-4-6-15(19)7-5-14/h4-7,10-11H,2-3,8-9,12H2,1H3,(H,23,25). The first kappa shape index (κ1) is 18.1. The summed E-state index contributed by atoms with van der Waals surface area (Å²) in [6, 6.07) is 8.83. The first-order valence-corrected chi connectivity index (χ1v) is 8.79. The summed E-state index contributed by atoms with van der Waals surface area (Å²) in [4.78, 5) is 22.8. The van der Waals surface area contributed by atoms with E-state index in [0.717, 1.165) is 37.2 Å². The van der Waals surface area contributed by atoms with Crippen molar-refractivity contribution in [3.05, 3.63) is 46.6 Å². The van der Waals surface area contributed by atoms with E-state index in [0.29, 0.717) is 16.9 Å². The van der Waals surface area contributed by atoms with Crippen molar-refractivity contribution < 1.29 is 9.53 Å². The molecular formula is C18H20ClN5O2. The van der Waals surface area contributed by atoms with Gasteiger partial charge in [0.15, 0.2) is 6.61 Å². The van der Waals surface area contributed by atoms with Crippen LogP contribution in [0.4, 0.5) is 5.95 Å². The van der Waals surface area contributed by atoms with Gasteiger partial charge in [-0.2, -0.15) is 10.1 Å². The number of carbonyl (C=O) groups excluding carboxylic acids is 1. The van der Waals surface area contributed by atoms with Gasteiger partial charge in [-0.25, -0.2) is 10.4 Å². The van der Waals surface area contributed by atoms with Gasteiger partial charge in [-0.1, -0.05) is 23.7 Å². The molecular weight excluding hydrogens is 354 g/mol. The molecule has 0 aliphatic carbocycles. The van der Waals surface area contributed by atoms with Crippen molar-refractivity contribution >= 4 is 29.7 Å². The Kier molecular flexibility index (Phi) is 6.01. The predicted molar refractivity (Wildman–Crippen MR) is 101 cm³/mol. The molecule has 0 unspecified atom stereocenters. The Morgan fingerprint density at radius 3 is 2.77 bits per heavy atom. The number of aryl methyl sites for hydroxylation is 1. The highest BCUT2D eigenvalue weighted by Crippen LogP contribution is 2.19. The lowest BCUT2D eigenvalue weighted by Crippen LogP contribution is -2.25. The van der Waals surface area contributed by atoms with Crippen LogP contribution in [0.15, 0.2) is 35.4 Å². The van der Waals surface area contributed by atoms with Crippen LogP contribution in [0.3, 0.4) is 0 Å². The molecule has 26 heavy (non-hydrogen) atoms. The quantitative estimate of drug-likeness (QED) is 0.621. The van der Waals surface area contributed by atoms with E-state index in [2.05, 4.69) is 25.4 Å². The molecule has 3 rings (SSSR count). The Morgan fingerprint density at radius 2 is 2.04 bits per heavy atom. The fraction of sp³-hybridized carbons (Fsp3) is 0.333. The number of halogens is 1. The van der Waals surface area contributed by atoms with Gasteiger partial charge in [0.25, 0.3) is 5.91 Å². The molecule has 136 valence electrons. The third-order valence-corrected chi connectivity index (χ3v) is 4.08. The zero-order valence-corrected chi connectivity index (χ0v) is 15.2. The maximum Gasteiger partial charge on any atom is 0.278 e. The van der Waals surface area contributed by atoms with Crippen LogP contribution in [0.2, 0.25) is 5.02 Å². The number of hydrogen-bond acceptors (Lipinski definition) is 6. The van der Waals surface area contributed by atoms with Crippen LogP contribution >= 0.6 is 11.6 Å². The van der Waals surface area contributed by atoms with E-state index < -0.39 is 0 Å². The first-order valence-electron chi connectivity index (χ1n) is 8.41. The monoisotopic (exact) mass is 373 g/mol. The number of anilines is 1. The van der Waals surface area contributed by atoms with Crippen LogP contribution in [0.1, 0.15) is 24.1 Å². The number of nitrogens with zero attached hydrogens (tertiary/aromatic N) is 4. The van der Waals surface area contributed by atoms with Crippen LogP contribution in [-0.2, 0) is 4.79 Å². The zero-order chi connectivity index (χ0) is 18.4. The molecule has 1 amide bonds. The van der Waals surface area contributed by atoms with Crippen molar-refractivity contribution in [3.8, 4) is 5.88 Å². The molecule has 1 aromatic carbocycles. The Bertz CT molecular complexity index is 789. The molecule has 1 N–H and O–H groups in total. The summed E-state index contributed by atoms with van der Waals surface area (Å²) >= 11 is 5.82. The highest BCUT2D eigenvalue weighted by Gasteiger charge is 2.16. The summed E-state index contributed by atoms with van der Waals surface area (Å²) in [5.74, 6) is 0.670. The van der Waals surface area contributed by atoms with Gasteiger partial charge in [0.05, 0.1) is 6.21 Å². The summed E-state index contributed by atoms with van der Waals surface area (Å²) in [6.07, 6.45) is 3.82. The number of aromatic nitrogens is 2. The molecule has 1 aliphatic rings. The number of nitrogens with one attached hydrogen (secondary N) is 1. The smallest absolute Gasteiger partial charge is 0.278 e. The Balaban J connectivity index is 1.51. The van der Waals surface area contributed by atoms with E-state index in [1.165, 1.54) is 6.21 Å². The van der Waals surface area contributed by atoms with Crippen molar-refractivity contribution in [3.63, 3.8) is 0 Å². The maximum atomic E-state index is 11.9. The molecule has 0 spiro atoms. The van der Waals surface area contributed by atoms with E-state index >= 15 is 0 Å². The van der Waals surface area contributed by atoms with Crippen LogP contribution in [-0.4, -0.2) is 41.8 Å². The molecule has 2 heterocycles. The average molecular weight is 374 g/mol. The van der Waals surface area contributed by atoms with Gasteiger partial charge in [-0.05, 0) is 37.5 Å². The fourth-order valence-electron chi connectivity index (χ4n) is 2.56. The third-order valence-electron chi connectivity index (χ3n) is 3.83. The Hall–Kier alpha value is -2.67. The summed E-state index contributed by atoms with van der Waals surface area (Å²) in [6.45, 7) is 3.60. The number of benzene rings is 1. The third kappa shape index (κ3) is 5.16. The second-order valence-electron chi connectivity index (χ2n) is 5.98. The van der Waals surface area contributed by atoms with Gasteiger partial charge in [-0.3, -0.25) is 4.79 Å². The van der Waals surface area contributed by atoms with E-state index in [-0.39, 0.29) is 12.5 Å². The van der Waals surface area contributed by atoms with Gasteiger partial charge in [0, 0.05) is 29.9 Å². The normalized spacial score (nSPS) is 14.0. The first-order chi connectivity index (χ1) is 12.6. The van der Waals surface area contributed by atoms with Crippen molar-refractivity contribution in [2.24, 2.45) is 5.10 Å². The lowest BCUT2D eigenvalue weighted by molar-refractivity contribution is -0.123. The van der Waals surface area contributed by atoms with Crippen molar-refractivity contribution in [2.45, 2.75) is 19.8 Å². The average Bonchev–Trinajstić information content (AvgIpc) is 3.16. The van der Waals surface area contributed by atoms with Crippen molar-refractivity contribution in [1.29, 1.82) is 0 Å². The van der Waals surface area contributed by atoms with Crippen LogP contribution in [0, 0.1) is 6.92 Å². The second-order valence-corrected chi connectivity index (χ2v) is 6.41. The summed E-state index contributed by atoms with van der Waals surface area (Å²) in [5.41, 5.74) is 4.05. The Labute approximate surface area is 157 Å². The van der Waals surface area contributed by atoms with Crippen molar-refractivity contribution in [1.82, 2.24) is 15.4 Å². The van der Waals surface area contributed by atoms with Gasteiger partial charge < -0.3 is 9.64 Å². The fourth-order valence-corrected chi connectivity index (χ4v) is 2.68. The number of amides is 1. The molecule has 8 heteroatoms. The second kappa shape index (κ2) is 8.62. The molecule has 0 radical (unpaired) electrons. The molecule has 1 aliphatic heterocycles. The maximum absolute atomic E-state index is 11.9. The zero-order valence-electron chi connectivity index (χ0n) is 14.5. The van der Waals surface area contributed by atoms with Crippen LogP contribution in [0.25, 0.3) is 0 Å². The van der Waals surface area contributed by atoms with E-state index in [1.807, 2.05) is 6.92 Å². The lowest BCUT2D eigenvalue weighted by atomic mass is 10.2. The number of carbonyl (C=O) groups is 1. The summed E-state index contributed by atoms with van der Waals surface area (Å²) < 4.78 is 5.49. The molecule has 0 atom stereocenters. The van der Waals surface area contributed by atoms with Gasteiger partial charge in [-0.15, -0.1) is 0 Å². The molecule has 0 saturated carbocycles. The SMILES string of the molecule is Cc1cc(OCC(=O)NN=Cc2ccc(Cl)cc2)nc(N2CCCC2)n1. The predicted octanol–water partition coefficient (Wildman–Crippen LogP) is 2.57. The minimum absolute atomic E-state index is 0.173. The number of rotatable bonds is 6. The largest absolute Gasteiger partial charge is 0.467 e. The van der Waals surface area contributed by atoms with Crippen molar-refractivity contribution in [2.75, 3.05) is 24.6 Å². The number of hydrogen-bond donors (Lipinski definition) is 1. The molecule has 7 nitrogen and oxygen atoms in total. The van der Waals surface area contributed by atoms with Gasteiger partial charge in [0.1, 0.15) is 0 Å². The van der Waals surface area contributed by atoms with E-state index in [9.17, 15) is 4.79 Å². The van der Waals surface area contributed by atoms with Gasteiger partial charge >= 0.3 is 0 Å². The van der Waals surface area contributed by atoms with Crippen LogP contribution < -0.4 is 15.1 Å². The highest BCUT2D eigenvalue weighted by molar-refractivity contribution is 6.30. The summed E-state index contributed by atoms with van der Waals surface area (Å²) in [7, 11) is 0. The molecule has 1 aromatic heterocycles. The summed E-state index contributed by atoms with van der Waals surface area (Å²) in [5, 5.41) is 4.54. The van der Waals surface area contributed by atoms with Crippen LogP contribution in [0.5, 0.6) is 5.88 Å². The minimum Gasteiger partial charge on any atom is -0.467 e. The highest BCUT2D eigenvalue weighted by atomic mass is 35.5. The Morgan fingerprint density at radius 1 is 1.31 bits per heavy atom.